The Labute approximate surface area is 146 Å². The summed E-state index contributed by atoms with van der Waals surface area (Å²) in [6, 6.07) is 1.82. The summed E-state index contributed by atoms with van der Waals surface area (Å²) in [4.78, 5) is 23.5. The zero-order valence-electron chi connectivity index (χ0n) is 12.6. The monoisotopic (exact) mass is 397 g/mol. The Morgan fingerprint density at radius 3 is 2.65 bits per heavy atom. The normalized spacial score (nSPS) is 17.2. The average molecular weight is 398 g/mol. The summed E-state index contributed by atoms with van der Waals surface area (Å²) in [5.74, 6) is 0.761. The van der Waals surface area contributed by atoms with Crippen molar-refractivity contribution in [2.24, 2.45) is 0 Å². The molecule has 1 atom stereocenters. The van der Waals surface area contributed by atoms with E-state index in [0.717, 1.165) is 37.0 Å². The summed E-state index contributed by atoms with van der Waals surface area (Å²) in [7, 11) is 0. The molecule has 1 aliphatic rings. The molecule has 122 valence electrons. The minimum absolute atomic E-state index is 0.00310. The predicted molar refractivity (Wildman–Crippen MR) is 92.9 cm³/mol. The van der Waals surface area contributed by atoms with E-state index in [4.69, 9.17) is 0 Å². The fraction of sp³-hybridized carbons (Fsp3) is 0.429. The van der Waals surface area contributed by atoms with Gasteiger partial charge in [0.05, 0.1) is 15.4 Å². The van der Waals surface area contributed by atoms with E-state index in [2.05, 4.69) is 42.6 Å². The first-order chi connectivity index (χ1) is 11.1. The highest BCUT2D eigenvalue weighted by Crippen LogP contribution is 2.29. The Hall–Kier alpha value is -1.58. The van der Waals surface area contributed by atoms with Gasteiger partial charge in [-0.15, -0.1) is 11.3 Å². The van der Waals surface area contributed by atoms with Gasteiger partial charge in [0.15, 0.2) is 0 Å². The Bertz CT molecular complexity index is 688. The fourth-order valence-electron chi connectivity index (χ4n) is 2.67. The van der Waals surface area contributed by atoms with Gasteiger partial charge in [-0.3, -0.25) is 15.0 Å². The molecule has 0 radical (unpaired) electrons. The fourth-order valence-corrected chi connectivity index (χ4v) is 3.99. The molecule has 0 aliphatic carbocycles. The van der Waals surface area contributed by atoms with E-state index in [0.29, 0.717) is 10.5 Å². The van der Waals surface area contributed by atoms with Gasteiger partial charge in [0.25, 0.3) is 5.69 Å². The summed E-state index contributed by atoms with van der Waals surface area (Å²) >= 11 is 5.07. The molecule has 1 saturated heterocycles. The summed E-state index contributed by atoms with van der Waals surface area (Å²) in [5, 5.41) is 13.9. The van der Waals surface area contributed by atoms with Gasteiger partial charge in [-0.05, 0) is 22.9 Å². The zero-order valence-corrected chi connectivity index (χ0v) is 15.0. The number of hydrogen-bond acceptors (Lipinski definition) is 7. The van der Waals surface area contributed by atoms with Crippen LogP contribution in [0.2, 0.25) is 0 Å². The van der Waals surface area contributed by atoms with Crippen LogP contribution >= 0.6 is 27.3 Å². The number of anilines is 1. The zero-order chi connectivity index (χ0) is 16.4. The minimum atomic E-state index is -0.435. The molecule has 7 nitrogen and oxygen atoms in total. The van der Waals surface area contributed by atoms with Gasteiger partial charge < -0.3 is 4.90 Å². The molecule has 2 aromatic heterocycles. The van der Waals surface area contributed by atoms with Crippen molar-refractivity contribution in [2.45, 2.75) is 13.0 Å². The molecular weight excluding hydrogens is 382 g/mol. The molecule has 0 bridgehead atoms. The number of nitrogens with zero attached hydrogens (tertiary/aromatic N) is 5. The van der Waals surface area contributed by atoms with Crippen molar-refractivity contribution in [3.8, 4) is 0 Å². The number of pyridine rings is 1. The van der Waals surface area contributed by atoms with Crippen LogP contribution in [0.25, 0.3) is 0 Å². The summed E-state index contributed by atoms with van der Waals surface area (Å²) in [6.07, 6.45) is 3.15. The van der Waals surface area contributed by atoms with Crippen molar-refractivity contribution >= 4 is 38.8 Å². The first kappa shape index (κ1) is 16.3. The molecule has 3 rings (SSSR count). The van der Waals surface area contributed by atoms with E-state index in [1.807, 2.05) is 11.6 Å². The molecule has 1 fully saturated rings. The Morgan fingerprint density at radius 2 is 2.09 bits per heavy atom. The van der Waals surface area contributed by atoms with Crippen LogP contribution in [0.5, 0.6) is 0 Å². The van der Waals surface area contributed by atoms with Gasteiger partial charge in [-0.25, -0.2) is 9.97 Å². The van der Waals surface area contributed by atoms with Gasteiger partial charge in [0, 0.05) is 43.8 Å². The SMILES string of the molecule is CC(c1nccs1)N1CCN(c2ncc([N+](=O)[O-])cc2Br)CC1. The number of thiazole rings is 1. The summed E-state index contributed by atoms with van der Waals surface area (Å²) in [5.41, 5.74) is -0.00310. The maximum atomic E-state index is 10.8. The van der Waals surface area contributed by atoms with E-state index in [9.17, 15) is 10.1 Å². The number of halogens is 1. The number of aromatic nitrogens is 2. The third kappa shape index (κ3) is 3.51. The molecule has 23 heavy (non-hydrogen) atoms. The molecule has 1 aliphatic heterocycles. The smallest absolute Gasteiger partial charge is 0.288 e. The maximum Gasteiger partial charge on any atom is 0.288 e. The molecule has 0 amide bonds. The second kappa shape index (κ2) is 6.90. The second-order valence-electron chi connectivity index (χ2n) is 5.33. The topological polar surface area (TPSA) is 75.4 Å². The number of hydrogen-bond donors (Lipinski definition) is 0. The van der Waals surface area contributed by atoms with Crippen LogP contribution in [0.4, 0.5) is 11.5 Å². The highest BCUT2D eigenvalue weighted by molar-refractivity contribution is 9.10. The van der Waals surface area contributed by atoms with Crippen LogP contribution in [0.15, 0.2) is 28.3 Å². The third-order valence-corrected chi connectivity index (χ3v) is 5.52. The summed E-state index contributed by atoms with van der Waals surface area (Å²) < 4.78 is 0.660. The minimum Gasteiger partial charge on any atom is -0.353 e. The van der Waals surface area contributed by atoms with Crippen LogP contribution < -0.4 is 4.90 Å². The van der Waals surface area contributed by atoms with Crippen molar-refractivity contribution in [2.75, 3.05) is 31.1 Å². The van der Waals surface area contributed by atoms with E-state index in [-0.39, 0.29) is 5.69 Å². The van der Waals surface area contributed by atoms with Crippen LogP contribution in [-0.2, 0) is 0 Å². The van der Waals surface area contributed by atoms with Crippen LogP contribution in [-0.4, -0.2) is 46.0 Å². The van der Waals surface area contributed by atoms with E-state index >= 15 is 0 Å². The lowest BCUT2D eigenvalue weighted by atomic mass is 10.2. The van der Waals surface area contributed by atoms with Crippen molar-refractivity contribution in [3.63, 3.8) is 0 Å². The van der Waals surface area contributed by atoms with Crippen LogP contribution in [0.1, 0.15) is 18.0 Å². The van der Waals surface area contributed by atoms with E-state index < -0.39 is 4.92 Å². The molecule has 0 saturated carbocycles. The van der Waals surface area contributed by atoms with E-state index in [1.54, 1.807) is 11.3 Å². The van der Waals surface area contributed by atoms with E-state index in [1.165, 1.54) is 12.3 Å². The lowest BCUT2D eigenvalue weighted by Crippen LogP contribution is -2.47. The molecule has 0 N–H and O–H groups in total. The molecule has 2 aromatic rings. The van der Waals surface area contributed by atoms with Crippen molar-refractivity contribution in [3.05, 3.63) is 43.4 Å². The second-order valence-corrected chi connectivity index (χ2v) is 7.11. The number of rotatable bonds is 4. The first-order valence-electron chi connectivity index (χ1n) is 7.24. The lowest BCUT2D eigenvalue weighted by molar-refractivity contribution is -0.385. The van der Waals surface area contributed by atoms with Crippen LogP contribution in [0.3, 0.4) is 0 Å². The largest absolute Gasteiger partial charge is 0.353 e. The Kier molecular flexibility index (Phi) is 4.88. The van der Waals surface area contributed by atoms with Crippen molar-refractivity contribution in [1.29, 1.82) is 0 Å². The van der Waals surface area contributed by atoms with Crippen molar-refractivity contribution < 1.29 is 4.92 Å². The molecule has 0 spiro atoms. The lowest BCUT2D eigenvalue weighted by Gasteiger charge is -2.38. The Morgan fingerprint density at radius 1 is 1.35 bits per heavy atom. The predicted octanol–water partition coefficient (Wildman–Crippen LogP) is 3.09. The summed E-state index contributed by atoms with van der Waals surface area (Å²) in [6.45, 7) is 5.66. The third-order valence-electron chi connectivity index (χ3n) is 3.99. The molecule has 1 unspecified atom stereocenters. The molecule has 9 heteroatoms. The van der Waals surface area contributed by atoms with Gasteiger partial charge >= 0.3 is 0 Å². The molecule has 3 heterocycles. The van der Waals surface area contributed by atoms with Gasteiger partial charge in [0.2, 0.25) is 0 Å². The highest BCUT2D eigenvalue weighted by Gasteiger charge is 2.25. The highest BCUT2D eigenvalue weighted by atomic mass is 79.9. The van der Waals surface area contributed by atoms with Crippen molar-refractivity contribution in [1.82, 2.24) is 14.9 Å². The standard InChI is InChI=1S/C14H16BrN5O2S/c1-10(14-16-2-7-23-14)18-3-5-19(6-4-18)13-12(15)8-11(9-17-13)20(21)22/h2,7-10H,3-6H2,1H3. The average Bonchev–Trinajstić information content (AvgIpc) is 3.08. The van der Waals surface area contributed by atoms with Crippen LogP contribution in [0, 0.1) is 10.1 Å². The van der Waals surface area contributed by atoms with Gasteiger partial charge in [0.1, 0.15) is 17.0 Å². The first-order valence-corrected chi connectivity index (χ1v) is 8.92. The Balaban J connectivity index is 1.66. The van der Waals surface area contributed by atoms with Gasteiger partial charge in [-0.2, -0.15) is 0 Å². The van der Waals surface area contributed by atoms with Gasteiger partial charge in [-0.1, -0.05) is 0 Å². The molecular formula is C14H16BrN5O2S. The molecule has 0 aromatic carbocycles. The quantitative estimate of drug-likeness (QED) is 0.582. The number of piperazine rings is 1. The number of nitro groups is 1. The maximum absolute atomic E-state index is 10.8.